The fourth-order valence-electron chi connectivity index (χ4n) is 1.47. The highest BCUT2D eigenvalue weighted by Crippen LogP contribution is 2.27. The Labute approximate surface area is 105 Å². The molecule has 0 fully saturated rings. The highest BCUT2D eigenvalue weighted by Gasteiger charge is 2.07. The molecule has 2 rings (SSSR count). The first kappa shape index (κ1) is 11.9. The Morgan fingerprint density at radius 3 is 2.88 bits per heavy atom. The second-order valence-electron chi connectivity index (χ2n) is 3.64. The van der Waals surface area contributed by atoms with Gasteiger partial charge in [-0.3, -0.25) is 0 Å². The summed E-state index contributed by atoms with van der Waals surface area (Å²) in [4.78, 5) is 4.09. The van der Waals surface area contributed by atoms with E-state index in [0.717, 1.165) is 5.56 Å². The topological polar surface area (TPSA) is 42.4 Å². The van der Waals surface area contributed by atoms with Crippen molar-refractivity contribution >= 4 is 11.6 Å². The van der Waals surface area contributed by atoms with Crippen LogP contribution in [0.15, 0.2) is 36.5 Å². The average Bonchev–Trinajstić information content (AvgIpc) is 2.33. The van der Waals surface area contributed by atoms with Crippen molar-refractivity contribution in [2.45, 2.75) is 13.5 Å². The van der Waals surface area contributed by atoms with Crippen LogP contribution >= 0.6 is 11.6 Å². The van der Waals surface area contributed by atoms with E-state index in [9.17, 15) is 0 Å². The molecule has 0 aliphatic heterocycles. The molecule has 88 valence electrons. The third-order valence-corrected chi connectivity index (χ3v) is 2.60. The number of rotatable bonds is 3. The first-order chi connectivity index (χ1) is 8.20. The molecule has 4 heteroatoms. The number of aryl methyl sites for hydroxylation is 1. The van der Waals surface area contributed by atoms with Crippen LogP contribution in [0, 0.1) is 6.92 Å². The molecule has 0 bridgehead atoms. The summed E-state index contributed by atoms with van der Waals surface area (Å²) >= 11 is 5.87. The Morgan fingerprint density at radius 2 is 2.18 bits per heavy atom. The summed E-state index contributed by atoms with van der Waals surface area (Å²) in [6.45, 7) is 1.80. The molecule has 1 N–H and O–H groups in total. The maximum Gasteiger partial charge on any atom is 0.224 e. The lowest BCUT2D eigenvalue weighted by Gasteiger charge is -2.10. The second-order valence-corrected chi connectivity index (χ2v) is 4.07. The van der Waals surface area contributed by atoms with Crippen molar-refractivity contribution in [3.8, 4) is 11.6 Å². The van der Waals surface area contributed by atoms with Crippen LogP contribution < -0.4 is 4.74 Å². The van der Waals surface area contributed by atoms with E-state index in [-0.39, 0.29) is 6.61 Å². The third-order valence-electron chi connectivity index (χ3n) is 2.36. The van der Waals surface area contributed by atoms with E-state index >= 15 is 0 Å². The van der Waals surface area contributed by atoms with Gasteiger partial charge in [0.05, 0.1) is 6.61 Å². The van der Waals surface area contributed by atoms with Gasteiger partial charge in [-0.15, -0.1) is 0 Å². The maximum atomic E-state index is 9.17. The summed E-state index contributed by atoms with van der Waals surface area (Å²) < 4.78 is 5.66. The summed E-state index contributed by atoms with van der Waals surface area (Å²) in [6, 6.07) is 8.89. The monoisotopic (exact) mass is 249 g/mol. The van der Waals surface area contributed by atoms with Gasteiger partial charge in [0.25, 0.3) is 0 Å². The summed E-state index contributed by atoms with van der Waals surface area (Å²) in [5, 5.41) is 9.83. The van der Waals surface area contributed by atoms with Crippen molar-refractivity contribution in [1.29, 1.82) is 0 Å². The SMILES string of the molecule is Cc1cc(Cl)ccc1Oc1ncccc1CO. The molecular weight excluding hydrogens is 238 g/mol. The van der Waals surface area contributed by atoms with Crippen LogP contribution in [-0.2, 0) is 6.61 Å². The van der Waals surface area contributed by atoms with Gasteiger partial charge >= 0.3 is 0 Å². The molecule has 0 saturated heterocycles. The standard InChI is InChI=1S/C13H12ClNO2/c1-9-7-11(14)4-5-12(9)17-13-10(8-16)3-2-6-15-13/h2-7,16H,8H2,1H3. The van der Waals surface area contributed by atoms with Gasteiger partial charge < -0.3 is 9.84 Å². The molecule has 1 heterocycles. The molecule has 0 saturated carbocycles. The normalized spacial score (nSPS) is 10.3. The van der Waals surface area contributed by atoms with Gasteiger partial charge in [0.2, 0.25) is 5.88 Å². The fourth-order valence-corrected chi connectivity index (χ4v) is 1.69. The number of aliphatic hydroxyl groups is 1. The highest BCUT2D eigenvalue weighted by molar-refractivity contribution is 6.30. The van der Waals surface area contributed by atoms with Gasteiger partial charge in [-0.1, -0.05) is 11.6 Å². The molecule has 2 aromatic rings. The van der Waals surface area contributed by atoms with Crippen LogP contribution in [0.1, 0.15) is 11.1 Å². The van der Waals surface area contributed by atoms with Crippen molar-refractivity contribution in [2.75, 3.05) is 0 Å². The summed E-state index contributed by atoms with van der Waals surface area (Å²) in [5.74, 6) is 1.10. The smallest absolute Gasteiger partial charge is 0.224 e. The van der Waals surface area contributed by atoms with Crippen LogP contribution in [0.3, 0.4) is 0 Å². The van der Waals surface area contributed by atoms with Crippen LogP contribution in [0.4, 0.5) is 0 Å². The molecule has 0 spiro atoms. The van der Waals surface area contributed by atoms with E-state index < -0.39 is 0 Å². The lowest BCUT2D eigenvalue weighted by molar-refractivity contribution is 0.275. The maximum absolute atomic E-state index is 9.17. The molecule has 0 aliphatic rings. The minimum atomic E-state index is -0.101. The number of benzene rings is 1. The minimum absolute atomic E-state index is 0.101. The van der Waals surface area contributed by atoms with Crippen molar-refractivity contribution in [2.24, 2.45) is 0 Å². The lowest BCUT2D eigenvalue weighted by Crippen LogP contribution is -1.95. The van der Waals surface area contributed by atoms with Crippen molar-refractivity contribution in [1.82, 2.24) is 4.98 Å². The molecular formula is C13H12ClNO2. The van der Waals surface area contributed by atoms with Gasteiger partial charge in [0.1, 0.15) is 5.75 Å². The molecule has 1 aromatic carbocycles. The summed E-state index contributed by atoms with van der Waals surface area (Å²) in [6.07, 6.45) is 1.62. The van der Waals surface area contributed by atoms with Crippen LogP contribution in [0.25, 0.3) is 0 Å². The number of ether oxygens (including phenoxy) is 1. The zero-order valence-electron chi connectivity index (χ0n) is 9.35. The zero-order chi connectivity index (χ0) is 12.3. The van der Waals surface area contributed by atoms with Crippen molar-refractivity contribution < 1.29 is 9.84 Å². The van der Waals surface area contributed by atoms with Crippen LogP contribution in [0.2, 0.25) is 5.02 Å². The first-order valence-corrected chi connectivity index (χ1v) is 5.57. The molecule has 1 aromatic heterocycles. The summed E-state index contributed by atoms with van der Waals surface area (Å²) in [5.41, 5.74) is 1.58. The van der Waals surface area contributed by atoms with E-state index in [0.29, 0.717) is 22.2 Å². The second kappa shape index (κ2) is 5.17. The van der Waals surface area contributed by atoms with E-state index in [1.54, 1.807) is 30.5 Å². The van der Waals surface area contributed by atoms with E-state index in [1.807, 2.05) is 13.0 Å². The first-order valence-electron chi connectivity index (χ1n) is 5.19. The molecule has 0 aliphatic carbocycles. The van der Waals surface area contributed by atoms with E-state index in [2.05, 4.69) is 4.98 Å². The third kappa shape index (κ3) is 2.75. The number of halogens is 1. The molecule has 3 nitrogen and oxygen atoms in total. The lowest BCUT2D eigenvalue weighted by atomic mass is 10.2. The molecule has 0 unspecified atom stereocenters. The van der Waals surface area contributed by atoms with Crippen molar-refractivity contribution in [3.05, 3.63) is 52.7 Å². The Kier molecular flexibility index (Phi) is 3.61. The zero-order valence-corrected chi connectivity index (χ0v) is 10.1. The number of nitrogens with zero attached hydrogens (tertiary/aromatic N) is 1. The van der Waals surface area contributed by atoms with Gasteiger partial charge in [0, 0.05) is 16.8 Å². The molecule has 0 radical (unpaired) electrons. The Morgan fingerprint density at radius 1 is 1.35 bits per heavy atom. The van der Waals surface area contributed by atoms with Crippen molar-refractivity contribution in [3.63, 3.8) is 0 Å². The highest BCUT2D eigenvalue weighted by atomic mass is 35.5. The molecule has 0 atom stereocenters. The van der Waals surface area contributed by atoms with E-state index in [4.69, 9.17) is 21.4 Å². The van der Waals surface area contributed by atoms with Crippen LogP contribution in [-0.4, -0.2) is 10.1 Å². The predicted molar refractivity (Wildman–Crippen MR) is 66.4 cm³/mol. The van der Waals surface area contributed by atoms with E-state index in [1.165, 1.54) is 0 Å². The summed E-state index contributed by atoms with van der Waals surface area (Å²) in [7, 11) is 0. The average molecular weight is 250 g/mol. The van der Waals surface area contributed by atoms with Gasteiger partial charge in [0.15, 0.2) is 0 Å². The molecule has 0 amide bonds. The minimum Gasteiger partial charge on any atom is -0.438 e. The van der Waals surface area contributed by atoms with Gasteiger partial charge in [-0.2, -0.15) is 0 Å². The number of hydrogen-bond donors (Lipinski definition) is 1. The van der Waals surface area contributed by atoms with Gasteiger partial charge in [-0.25, -0.2) is 4.98 Å². The number of aliphatic hydroxyl groups excluding tert-OH is 1. The molecule has 17 heavy (non-hydrogen) atoms. The number of pyridine rings is 1. The fraction of sp³-hybridized carbons (Fsp3) is 0.154. The Hall–Kier alpha value is -1.58. The predicted octanol–water partition coefficient (Wildman–Crippen LogP) is 3.33. The Balaban J connectivity index is 2.31. The largest absolute Gasteiger partial charge is 0.438 e. The number of aromatic nitrogens is 1. The Bertz CT molecular complexity index is 529. The quantitative estimate of drug-likeness (QED) is 0.907. The van der Waals surface area contributed by atoms with Gasteiger partial charge in [-0.05, 0) is 42.8 Å². The van der Waals surface area contributed by atoms with Crippen LogP contribution in [0.5, 0.6) is 11.6 Å². The number of hydrogen-bond acceptors (Lipinski definition) is 3.